The average molecular weight is 279 g/mol. The summed E-state index contributed by atoms with van der Waals surface area (Å²) in [6.07, 6.45) is 0. The third kappa shape index (κ3) is 3.92. The van der Waals surface area contributed by atoms with Gasteiger partial charge in [0.2, 0.25) is 5.91 Å². The minimum absolute atomic E-state index is 0.0530. The summed E-state index contributed by atoms with van der Waals surface area (Å²) in [5, 5.41) is 0. The highest BCUT2D eigenvalue weighted by atomic mass is 32.1. The summed E-state index contributed by atoms with van der Waals surface area (Å²) in [5.41, 5.74) is 8.61. The summed E-state index contributed by atoms with van der Waals surface area (Å²) >= 11 is 5.08. The van der Waals surface area contributed by atoms with Gasteiger partial charge in [-0.15, -0.1) is 0 Å². The standard InChI is InChI=1S/C14H21N3OS/c1-5-17(9-13(18)16(3)4)12-8-10(2)6-7-11(12)14(15)19/h6-8H,5,9H2,1-4H3,(H2,15,19). The highest BCUT2D eigenvalue weighted by molar-refractivity contribution is 7.80. The lowest BCUT2D eigenvalue weighted by Gasteiger charge is -2.26. The molecule has 0 aliphatic rings. The molecule has 5 heteroatoms. The Balaban J connectivity index is 3.13. The minimum Gasteiger partial charge on any atom is -0.389 e. The van der Waals surface area contributed by atoms with Gasteiger partial charge in [-0.25, -0.2) is 0 Å². The molecule has 104 valence electrons. The van der Waals surface area contributed by atoms with E-state index in [0.29, 0.717) is 11.5 Å². The Hall–Kier alpha value is -1.62. The lowest BCUT2D eigenvalue weighted by atomic mass is 10.1. The van der Waals surface area contributed by atoms with E-state index in [1.54, 1.807) is 19.0 Å². The number of amides is 1. The topological polar surface area (TPSA) is 49.6 Å². The van der Waals surface area contributed by atoms with Gasteiger partial charge in [-0.2, -0.15) is 0 Å². The van der Waals surface area contributed by atoms with Crippen molar-refractivity contribution < 1.29 is 4.79 Å². The fourth-order valence-electron chi connectivity index (χ4n) is 1.78. The first-order valence-electron chi connectivity index (χ1n) is 6.22. The highest BCUT2D eigenvalue weighted by Gasteiger charge is 2.16. The summed E-state index contributed by atoms with van der Waals surface area (Å²) in [6.45, 7) is 5.06. The Bertz CT molecular complexity index is 486. The number of carbonyl (C=O) groups is 1. The molecule has 0 fully saturated rings. The first-order chi connectivity index (χ1) is 8.86. The van der Waals surface area contributed by atoms with Gasteiger partial charge in [0.1, 0.15) is 4.99 Å². The maximum atomic E-state index is 11.9. The molecule has 0 heterocycles. The molecule has 0 unspecified atom stereocenters. The molecule has 0 aromatic heterocycles. The van der Waals surface area contributed by atoms with Crippen LogP contribution < -0.4 is 10.6 Å². The number of likely N-dealkylation sites (N-methyl/N-ethyl adjacent to an activating group) is 2. The maximum Gasteiger partial charge on any atom is 0.241 e. The maximum absolute atomic E-state index is 11.9. The number of thiocarbonyl (C=S) groups is 1. The summed E-state index contributed by atoms with van der Waals surface area (Å²) in [6, 6.07) is 5.90. The Morgan fingerprint density at radius 2 is 2.00 bits per heavy atom. The molecule has 1 aromatic carbocycles. The number of carbonyl (C=O) groups excluding carboxylic acids is 1. The second-order valence-corrected chi connectivity index (χ2v) is 5.13. The van der Waals surface area contributed by atoms with Crippen LogP contribution in [0, 0.1) is 6.92 Å². The Labute approximate surface area is 120 Å². The number of hydrogen-bond donors (Lipinski definition) is 1. The molecule has 0 aliphatic carbocycles. The molecule has 4 nitrogen and oxygen atoms in total. The Morgan fingerprint density at radius 1 is 1.37 bits per heavy atom. The Kier molecular flexibility index (Phi) is 5.30. The second kappa shape index (κ2) is 6.52. The van der Waals surface area contributed by atoms with Crippen LogP contribution >= 0.6 is 12.2 Å². The monoisotopic (exact) mass is 279 g/mol. The van der Waals surface area contributed by atoms with Crippen LogP contribution in [0.5, 0.6) is 0 Å². The minimum atomic E-state index is 0.0530. The highest BCUT2D eigenvalue weighted by Crippen LogP contribution is 2.22. The summed E-state index contributed by atoms with van der Waals surface area (Å²) < 4.78 is 0. The molecule has 1 rings (SSSR count). The second-order valence-electron chi connectivity index (χ2n) is 4.69. The van der Waals surface area contributed by atoms with Crippen molar-refractivity contribution >= 4 is 28.8 Å². The summed E-state index contributed by atoms with van der Waals surface area (Å²) in [4.78, 5) is 15.8. The van der Waals surface area contributed by atoms with E-state index < -0.39 is 0 Å². The lowest BCUT2D eigenvalue weighted by Crippen LogP contribution is -2.37. The fourth-order valence-corrected chi connectivity index (χ4v) is 1.96. The number of benzene rings is 1. The molecule has 1 aromatic rings. The van der Waals surface area contributed by atoms with Gasteiger partial charge in [0, 0.05) is 31.9 Å². The molecule has 0 saturated carbocycles. The third-order valence-corrected chi connectivity index (χ3v) is 3.19. The van der Waals surface area contributed by atoms with Crippen molar-refractivity contribution in [2.75, 3.05) is 32.1 Å². The van der Waals surface area contributed by atoms with E-state index in [1.165, 1.54) is 0 Å². The van der Waals surface area contributed by atoms with Gasteiger partial charge in [-0.1, -0.05) is 18.3 Å². The molecular weight excluding hydrogens is 258 g/mol. The zero-order valence-corrected chi connectivity index (χ0v) is 12.8. The van der Waals surface area contributed by atoms with Crippen molar-refractivity contribution in [1.29, 1.82) is 0 Å². The zero-order chi connectivity index (χ0) is 14.6. The van der Waals surface area contributed by atoms with Crippen LogP contribution in [0.3, 0.4) is 0 Å². The Morgan fingerprint density at radius 3 is 2.47 bits per heavy atom. The SMILES string of the molecule is CCN(CC(=O)N(C)C)c1cc(C)ccc1C(N)=S. The first kappa shape index (κ1) is 15.4. The van der Waals surface area contributed by atoms with Crippen LogP contribution in [-0.4, -0.2) is 43.0 Å². The van der Waals surface area contributed by atoms with Gasteiger partial charge in [0.25, 0.3) is 0 Å². The quantitative estimate of drug-likeness (QED) is 0.831. The lowest BCUT2D eigenvalue weighted by molar-refractivity contribution is -0.127. The summed E-state index contributed by atoms with van der Waals surface area (Å²) in [5.74, 6) is 0.0530. The van der Waals surface area contributed by atoms with Crippen molar-refractivity contribution in [2.24, 2.45) is 5.73 Å². The van der Waals surface area contributed by atoms with Crippen LogP contribution in [0.1, 0.15) is 18.1 Å². The number of nitrogens with two attached hydrogens (primary N) is 1. The molecule has 0 atom stereocenters. The van der Waals surface area contributed by atoms with Crippen LogP contribution in [0.4, 0.5) is 5.69 Å². The van der Waals surface area contributed by atoms with E-state index in [4.69, 9.17) is 18.0 Å². The van der Waals surface area contributed by atoms with Gasteiger partial charge in [-0.05, 0) is 31.5 Å². The van der Waals surface area contributed by atoms with Gasteiger partial charge < -0.3 is 15.5 Å². The molecular formula is C14H21N3OS. The summed E-state index contributed by atoms with van der Waals surface area (Å²) in [7, 11) is 3.50. The van der Waals surface area contributed by atoms with Crippen LogP contribution in [0.15, 0.2) is 18.2 Å². The molecule has 0 spiro atoms. The van der Waals surface area contributed by atoms with Crippen molar-refractivity contribution in [3.05, 3.63) is 29.3 Å². The fraction of sp³-hybridized carbons (Fsp3) is 0.429. The van der Waals surface area contributed by atoms with Crippen LogP contribution in [0.2, 0.25) is 0 Å². The van der Waals surface area contributed by atoms with E-state index >= 15 is 0 Å². The third-order valence-electron chi connectivity index (χ3n) is 2.97. The van der Waals surface area contributed by atoms with Crippen LogP contribution in [-0.2, 0) is 4.79 Å². The molecule has 1 amide bonds. The van der Waals surface area contributed by atoms with Crippen LogP contribution in [0.25, 0.3) is 0 Å². The number of nitrogens with zero attached hydrogens (tertiary/aromatic N) is 2. The molecule has 0 bridgehead atoms. The van der Waals surface area contributed by atoms with E-state index in [-0.39, 0.29) is 5.91 Å². The predicted molar refractivity (Wildman–Crippen MR) is 83.6 cm³/mol. The van der Waals surface area contributed by atoms with Gasteiger partial charge in [-0.3, -0.25) is 4.79 Å². The smallest absolute Gasteiger partial charge is 0.241 e. The zero-order valence-electron chi connectivity index (χ0n) is 11.9. The number of hydrogen-bond acceptors (Lipinski definition) is 3. The van der Waals surface area contributed by atoms with E-state index in [2.05, 4.69) is 0 Å². The number of anilines is 1. The van der Waals surface area contributed by atoms with Gasteiger partial charge >= 0.3 is 0 Å². The molecule has 2 N–H and O–H groups in total. The van der Waals surface area contributed by atoms with Crippen molar-refractivity contribution in [1.82, 2.24) is 4.90 Å². The van der Waals surface area contributed by atoms with Crippen molar-refractivity contribution in [3.63, 3.8) is 0 Å². The number of aryl methyl sites for hydroxylation is 1. The van der Waals surface area contributed by atoms with E-state index in [9.17, 15) is 4.79 Å². The van der Waals surface area contributed by atoms with Gasteiger partial charge in [0.15, 0.2) is 0 Å². The van der Waals surface area contributed by atoms with Gasteiger partial charge in [0.05, 0.1) is 6.54 Å². The number of rotatable bonds is 5. The first-order valence-corrected chi connectivity index (χ1v) is 6.63. The molecule has 19 heavy (non-hydrogen) atoms. The van der Waals surface area contributed by atoms with Crippen molar-refractivity contribution in [2.45, 2.75) is 13.8 Å². The van der Waals surface area contributed by atoms with Crippen molar-refractivity contribution in [3.8, 4) is 0 Å². The normalized spacial score (nSPS) is 10.1. The predicted octanol–water partition coefficient (Wildman–Crippen LogP) is 1.54. The van der Waals surface area contributed by atoms with E-state index in [0.717, 1.165) is 23.4 Å². The largest absolute Gasteiger partial charge is 0.389 e. The average Bonchev–Trinajstić information content (AvgIpc) is 2.34. The molecule has 0 saturated heterocycles. The molecule has 0 radical (unpaired) electrons. The molecule has 0 aliphatic heterocycles. The van der Waals surface area contributed by atoms with E-state index in [1.807, 2.05) is 36.9 Å².